The minimum atomic E-state index is -0.296. The van der Waals surface area contributed by atoms with Crippen molar-refractivity contribution < 1.29 is 23.7 Å². The zero-order chi connectivity index (χ0) is 18.8. The van der Waals surface area contributed by atoms with Crippen molar-refractivity contribution in [2.75, 3.05) is 27.4 Å². The first kappa shape index (κ1) is 19.1. The van der Waals surface area contributed by atoms with Crippen molar-refractivity contribution in [1.29, 1.82) is 5.26 Å². The molecule has 0 amide bonds. The van der Waals surface area contributed by atoms with Gasteiger partial charge in [0.05, 0.1) is 25.9 Å². The molecule has 2 rings (SSSR count). The van der Waals surface area contributed by atoms with Crippen LogP contribution in [-0.4, -0.2) is 33.4 Å². The van der Waals surface area contributed by atoms with E-state index in [4.69, 9.17) is 24.2 Å². The molecule has 0 spiro atoms. The second kappa shape index (κ2) is 9.94. The Hall–Kier alpha value is -3.20. The molecule has 2 aromatic carbocycles. The maximum atomic E-state index is 11.8. The average molecular weight is 355 g/mol. The second-order valence-electron chi connectivity index (χ2n) is 5.43. The second-order valence-corrected chi connectivity index (χ2v) is 5.43. The van der Waals surface area contributed by atoms with E-state index >= 15 is 0 Å². The molecule has 0 radical (unpaired) electrons. The van der Waals surface area contributed by atoms with Gasteiger partial charge in [0.15, 0.2) is 0 Å². The Morgan fingerprint density at radius 3 is 2.19 bits per heavy atom. The van der Waals surface area contributed by atoms with E-state index in [0.29, 0.717) is 29.2 Å². The standard InChI is InChI=1S/C20H21NO5/c1-23-18-11-16(12-19(13-18)24-2)5-8-20(22)26-10-9-25-17-6-3-15(14-21)4-7-17/h3-4,6-7,11-13H,5,8-10H2,1-2H3. The lowest BCUT2D eigenvalue weighted by molar-refractivity contribution is -0.144. The Kier molecular flexibility index (Phi) is 7.31. The number of hydrogen-bond acceptors (Lipinski definition) is 6. The fourth-order valence-electron chi connectivity index (χ4n) is 2.27. The topological polar surface area (TPSA) is 77.8 Å². The summed E-state index contributed by atoms with van der Waals surface area (Å²) in [7, 11) is 3.17. The zero-order valence-electron chi connectivity index (χ0n) is 14.9. The number of methoxy groups -OCH3 is 2. The van der Waals surface area contributed by atoms with Crippen LogP contribution >= 0.6 is 0 Å². The molecular weight excluding hydrogens is 334 g/mol. The first-order chi connectivity index (χ1) is 12.6. The molecule has 2 aromatic rings. The molecule has 26 heavy (non-hydrogen) atoms. The first-order valence-corrected chi connectivity index (χ1v) is 8.15. The molecule has 0 aliphatic rings. The van der Waals surface area contributed by atoms with Crippen molar-refractivity contribution in [2.45, 2.75) is 12.8 Å². The van der Waals surface area contributed by atoms with Gasteiger partial charge in [-0.3, -0.25) is 4.79 Å². The van der Waals surface area contributed by atoms with Gasteiger partial charge in [0.1, 0.15) is 30.5 Å². The fraction of sp³-hybridized carbons (Fsp3) is 0.300. The quantitative estimate of drug-likeness (QED) is 0.508. The Labute approximate surface area is 152 Å². The van der Waals surface area contributed by atoms with Gasteiger partial charge < -0.3 is 18.9 Å². The van der Waals surface area contributed by atoms with Gasteiger partial charge >= 0.3 is 5.97 Å². The van der Waals surface area contributed by atoms with Gasteiger partial charge in [-0.05, 0) is 48.4 Å². The highest BCUT2D eigenvalue weighted by molar-refractivity contribution is 5.69. The number of esters is 1. The minimum Gasteiger partial charge on any atom is -0.497 e. The molecule has 0 saturated carbocycles. The van der Waals surface area contributed by atoms with Crippen LogP contribution < -0.4 is 14.2 Å². The number of carbonyl (C=O) groups excluding carboxylic acids is 1. The number of hydrogen-bond donors (Lipinski definition) is 0. The molecule has 0 heterocycles. The number of nitrogens with zero attached hydrogens (tertiary/aromatic N) is 1. The van der Waals surface area contributed by atoms with Crippen LogP contribution in [-0.2, 0) is 16.0 Å². The van der Waals surface area contributed by atoms with Crippen molar-refractivity contribution in [3.63, 3.8) is 0 Å². The van der Waals surface area contributed by atoms with Crippen LogP contribution in [0.2, 0.25) is 0 Å². The van der Waals surface area contributed by atoms with Crippen molar-refractivity contribution in [3.8, 4) is 23.3 Å². The summed E-state index contributed by atoms with van der Waals surface area (Å²) in [6.45, 7) is 0.422. The van der Waals surface area contributed by atoms with E-state index in [1.54, 1.807) is 44.6 Å². The number of nitriles is 1. The number of rotatable bonds is 9. The number of ether oxygens (including phenoxy) is 4. The normalized spacial score (nSPS) is 9.88. The van der Waals surface area contributed by atoms with Crippen LogP contribution in [0.25, 0.3) is 0 Å². The Balaban J connectivity index is 1.71. The van der Waals surface area contributed by atoms with Crippen molar-refractivity contribution in [2.24, 2.45) is 0 Å². The molecule has 6 heteroatoms. The van der Waals surface area contributed by atoms with Gasteiger partial charge in [-0.1, -0.05) is 0 Å². The third-order valence-corrected chi connectivity index (χ3v) is 3.63. The summed E-state index contributed by atoms with van der Waals surface area (Å²) in [5, 5.41) is 8.73. The molecule has 0 aromatic heterocycles. The molecule has 0 N–H and O–H groups in total. The van der Waals surface area contributed by atoms with Crippen LogP contribution in [0.15, 0.2) is 42.5 Å². The van der Waals surface area contributed by atoms with E-state index < -0.39 is 0 Å². The maximum Gasteiger partial charge on any atom is 0.306 e. The summed E-state index contributed by atoms with van der Waals surface area (Å²) < 4.78 is 21.0. The molecule has 0 unspecified atom stereocenters. The van der Waals surface area contributed by atoms with Gasteiger partial charge in [0.2, 0.25) is 0 Å². The lowest BCUT2D eigenvalue weighted by atomic mass is 10.1. The van der Waals surface area contributed by atoms with E-state index in [0.717, 1.165) is 5.56 Å². The first-order valence-electron chi connectivity index (χ1n) is 8.15. The highest BCUT2D eigenvalue weighted by Crippen LogP contribution is 2.23. The summed E-state index contributed by atoms with van der Waals surface area (Å²) in [5.74, 6) is 1.70. The van der Waals surface area contributed by atoms with Crippen LogP contribution in [0.3, 0.4) is 0 Å². The SMILES string of the molecule is COc1cc(CCC(=O)OCCOc2ccc(C#N)cc2)cc(OC)c1. The number of carbonyl (C=O) groups is 1. The molecule has 0 fully saturated rings. The van der Waals surface area contributed by atoms with Crippen LogP contribution in [0.5, 0.6) is 17.2 Å². The molecule has 6 nitrogen and oxygen atoms in total. The Morgan fingerprint density at radius 2 is 1.62 bits per heavy atom. The van der Waals surface area contributed by atoms with E-state index in [9.17, 15) is 4.79 Å². The largest absolute Gasteiger partial charge is 0.497 e. The smallest absolute Gasteiger partial charge is 0.306 e. The summed E-state index contributed by atoms with van der Waals surface area (Å²) in [4.78, 5) is 11.8. The van der Waals surface area contributed by atoms with Gasteiger partial charge in [0.25, 0.3) is 0 Å². The van der Waals surface area contributed by atoms with Gasteiger partial charge in [-0.25, -0.2) is 0 Å². The van der Waals surface area contributed by atoms with E-state index in [1.165, 1.54) is 0 Å². The minimum absolute atomic E-state index is 0.167. The maximum absolute atomic E-state index is 11.8. The molecule has 0 aliphatic carbocycles. The van der Waals surface area contributed by atoms with Gasteiger partial charge in [-0.15, -0.1) is 0 Å². The summed E-state index contributed by atoms with van der Waals surface area (Å²) in [6.07, 6.45) is 0.788. The predicted molar refractivity (Wildman–Crippen MR) is 95.5 cm³/mol. The molecule has 0 atom stereocenters. The monoisotopic (exact) mass is 355 g/mol. The Morgan fingerprint density at radius 1 is 0.962 bits per heavy atom. The van der Waals surface area contributed by atoms with E-state index in [2.05, 4.69) is 0 Å². The highest BCUT2D eigenvalue weighted by atomic mass is 16.6. The molecular formula is C20H21NO5. The van der Waals surface area contributed by atoms with Gasteiger partial charge in [0, 0.05) is 12.5 Å². The molecule has 0 bridgehead atoms. The molecule has 0 saturated heterocycles. The van der Waals surface area contributed by atoms with Crippen LogP contribution in [0, 0.1) is 11.3 Å². The van der Waals surface area contributed by atoms with E-state index in [-0.39, 0.29) is 25.6 Å². The lowest BCUT2D eigenvalue weighted by Crippen LogP contribution is -2.12. The Bertz CT molecular complexity index is 743. The summed E-state index contributed by atoms with van der Waals surface area (Å²) in [6, 6.07) is 14.3. The van der Waals surface area contributed by atoms with E-state index in [1.807, 2.05) is 18.2 Å². The zero-order valence-corrected chi connectivity index (χ0v) is 14.9. The van der Waals surface area contributed by atoms with Crippen LogP contribution in [0.4, 0.5) is 0 Å². The van der Waals surface area contributed by atoms with Crippen LogP contribution in [0.1, 0.15) is 17.5 Å². The third-order valence-electron chi connectivity index (χ3n) is 3.63. The lowest BCUT2D eigenvalue weighted by Gasteiger charge is -2.09. The summed E-state index contributed by atoms with van der Waals surface area (Å²) >= 11 is 0. The predicted octanol–water partition coefficient (Wildman–Crippen LogP) is 3.13. The highest BCUT2D eigenvalue weighted by Gasteiger charge is 2.07. The van der Waals surface area contributed by atoms with Crippen molar-refractivity contribution in [1.82, 2.24) is 0 Å². The molecule has 136 valence electrons. The molecule has 0 aliphatic heterocycles. The van der Waals surface area contributed by atoms with Crippen molar-refractivity contribution in [3.05, 3.63) is 53.6 Å². The summed E-state index contributed by atoms with van der Waals surface area (Å²) in [5.41, 5.74) is 1.50. The third kappa shape index (κ3) is 6.02. The van der Waals surface area contributed by atoms with Gasteiger partial charge in [-0.2, -0.15) is 5.26 Å². The average Bonchev–Trinajstić information content (AvgIpc) is 2.69. The fourth-order valence-corrected chi connectivity index (χ4v) is 2.27. The number of benzene rings is 2. The van der Waals surface area contributed by atoms with Crippen molar-refractivity contribution >= 4 is 5.97 Å². The number of aryl methyl sites for hydroxylation is 1.